The molecule has 0 saturated carbocycles. The maximum Gasteiger partial charge on any atom is 0.221 e. The number of amides is 2. The minimum Gasteiger partial charge on any atom is -0.492 e. The molecule has 0 heterocycles. The summed E-state index contributed by atoms with van der Waals surface area (Å²) >= 11 is 3.39. The molecular weight excluding hydrogens is 324 g/mol. The molecule has 0 aliphatic carbocycles. The van der Waals surface area contributed by atoms with Crippen LogP contribution in [0.4, 0.5) is 5.69 Å². The molecule has 0 radical (unpaired) electrons. The fourth-order valence-electron chi connectivity index (χ4n) is 1.60. The number of hydrogen-bond donors (Lipinski definition) is 2. The highest BCUT2D eigenvalue weighted by Gasteiger charge is 2.05. The number of benzene rings is 1. The Bertz CT molecular complexity index is 477. The second-order valence-corrected chi connectivity index (χ2v) is 5.09. The maximum absolute atomic E-state index is 11.3. The highest BCUT2D eigenvalue weighted by molar-refractivity contribution is 9.10. The van der Waals surface area contributed by atoms with E-state index in [1.807, 2.05) is 13.0 Å². The molecule has 0 spiro atoms. The van der Waals surface area contributed by atoms with E-state index in [0.717, 1.165) is 4.47 Å². The van der Waals surface area contributed by atoms with Crippen LogP contribution in [0.15, 0.2) is 22.7 Å². The fourth-order valence-corrected chi connectivity index (χ4v) is 1.96. The van der Waals surface area contributed by atoms with Gasteiger partial charge in [-0.2, -0.15) is 0 Å². The predicted octanol–water partition coefficient (Wildman–Crippen LogP) is 2.70. The zero-order valence-corrected chi connectivity index (χ0v) is 13.2. The van der Waals surface area contributed by atoms with Gasteiger partial charge in [-0.25, -0.2) is 0 Å². The SMILES string of the molecule is CCNC(=O)CCCOc1cc(NC(C)=O)ccc1Br. The molecule has 20 heavy (non-hydrogen) atoms. The van der Waals surface area contributed by atoms with Gasteiger partial charge >= 0.3 is 0 Å². The van der Waals surface area contributed by atoms with Gasteiger partial charge in [-0.3, -0.25) is 9.59 Å². The number of carbonyl (C=O) groups is 2. The summed E-state index contributed by atoms with van der Waals surface area (Å²) in [6, 6.07) is 5.34. The summed E-state index contributed by atoms with van der Waals surface area (Å²) in [5.41, 5.74) is 0.680. The van der Waals surface area contributed by atoms with Crippen LogP contribution in [0, 0.1) is 0 Å². The summed E-state index contributed by atoms with van der Waals surface area (Å²) in [4.78, 5) is 22.3. The van der Waals surface area contributed by atoms with Gasteiger partial charge in [-0.05, 0) is 41.4 Å². The van der Waals surface area contributed by atoms with E-state index in [-0.39, 0.29) is 11.8 Å². The molecule has 0 bridgehead atoms. The van der Waals surface area contributed by atoms with Gasteiger partial charge in [0, 0.05) is 31.6 Å². The average molecular weight is 343 g/mol. The van der Waals surface area contributed by atoms with E-state index >= 15 is 0 Å². The fraction of sp³-hybridized carbons (Fsp3) is 0.429. The molecule has 110 valence electrons. The Morgan fingerprint density at radius 3 is 2.75 bits per heavy atom. The van der Waals surface area contributed by atoms with Crippen LogP contribution in [-0.2, 0) is 9.59 Å². The van der Waals surface area contributed by atoms with Gasteiger partial charge in [0.25, 0.3) is 0 Å². The van der Waals surface area contributed by atoms with Crippen LogP contribution in [0.1, 0.15) is 26.7 Å². The van der Waals surface area contributed by atoms with E-state index in [1.165, 1.54) is 6.92 Å². The zero-order chi connectivity index (χ0) is 15.0. The highest BCUT2D eigenvalue weighted by atomic mass is 79.9. The number of halogens is 1. The summed E-state index contributed by atoms with van der Waals surface area (Å²) in [5.74, 6) is 0.545. The molecule has 1 aromatic rings. The second-order valence-electron chi connectivity index (χ2n) is 4.23. The largest absolute Gasteiger partial charge is 0.492 e. The van der Waals surface area contributed by atoms with Crippen molar-refractivity contribution in [3.05, 3.63) is 22.7 Å². The molecule has 0 aliphatic heterocycles. The van der Waals surface area contributed by atoms with E-state index in [2.05, 4.69) is 26.6 Å². The van der Waals surface area contributed by atoms with Gasteiger partial charge in [0.2, 0.25) is 11.8 Å². The van der Waals surface area contributed by atoms with Crippen molar-refractivity contribution >= 4 is 33.4 Å². The lowest BCUT2D eigenvalue weighted by molar-refractivity contribution is -0.121. The first-order chi connectivity index (χ1) is 9.52. The molecule has 1 rings (SSSR count). The topological polar surface area (TPSA) is 67.4 Å². The van der Waals surface area contributed by atoms with Gasteiger partial charge in [-0.1, -0.05) is 0 Å². The normalized spacial score (nSPS) is 9.95. The standard InChI is InChI=1S/C14H19BrN2O3/c1-3-16-14(19)5-4-8-20-13-9-11(17-10(2)18)6-7-12(13)15/h6-7,9H,3-5,8H2,1-2H3,(H,16,19)(H,17,18). The third-order valence-corrected chi connectivity index (χ3v) is 3.09. The molecule has 0 fully saturated rings. The van der Waals surface area contributed by atoms with E-state index in [1.54, 1.807) is 12.1 Å². The van der Waals surface area contributed by atoms with E-state index in [4.69, 9.17) is 4.74 Å². The third kappa shape index (κ3) is 6.06. The number of anilines is 1. The minimum absolute atomic E-state index is 0.0298. The Kier molecular flexibility index (Phi) is 7.08. The number of rotatable bonds is 7. The highest BCUT2D eigenvalue weighted by Crippen LogP contribution is 2.28. The predicted molar refractivity (Wildman–Crippen MR) is 81.9 cm³/mol. The van der Waals surface area contributed by atoms with Crippen molar-refractivity contribution in [2.24, 2.45) is 0 Å². The van der Waals surface area contributed by atoms with E-state index < -0.39 is 0 Å². The van der Waals surface area contributed by atoms with E-state index in [0.29, 0.717) is 37.4 Å². The summed E-state index contributed by atoms with van der Waals surface area (Å²) < 4.78 is 6.42. The van der Waals surface area contributed by atoms with Crippen LogP contribution >= 0.6 is 15.9 Å². The van der Waals surface area contributed by atoms with Crippen molar-refractivity contribution in [1.82, 2.24) is 5.32 Å². The summed E-state index contributed by atoms with van der Waals surface area (Å²) in [6.07, 6.45) is 1.08. The Morgan fingerprint density at radius 2 is 2.10 bits per heavy atom. The molecule has 0 atom stereocenters. The van der Waals surface area contributed by atoms with Gasteiger partial charge in [-0.15, -0.1) is 0 Å². The molecule has 0 saturated heterocycles. The maximum atomic E-state index is 11.3. The minimum atomic E-state index is -0.130. The number of carbonyl (C=O) groups excluding carboxylic acids is 2. The number of ether oxygens (including phenoxy) is 1. The van der Waals surface area contributed by atoms with Crippen molar-refractivity contribution < 1.29 is 14.3 Å². The lowest BCUT2D eigenvalue weighted by Gasteiger charge is -2.10. The van der Waals surface area contributed by atoms with Crippen molar-refractivity contribution in [2.75, 3.05) is 18.5 Å². The molecule has 1 aromatic carbocycles. The molecule has 0 aromatic heterocycles. The number of hydrogen-bond acceptors (Lipinski definition) is 3. The van der Waals surface area contributed by atoms with Crippen LogP contribution in [-0.4, -0.2) is 25.0 Å². The van der Waals surface area contributed by atoms with Crippen LogP contribution in [0.25, 0.3) is 0 Å². The van der Waals surface area contributed by atoms with Crippen molar-refractivity contribution in [3.63, 3.8) is 0 Å². The van der Waals surface area contributed by atoms with Crippen molar-refractivity contribution in [2.45, 2.75) is 26.7 Å². The zero-order valence-electron chi connectivity index (χ0n) is 11.7. The second kappa shape index (κ2) is 8.58. The van der Waals surface area contributed by atoms with Crippen LogP contribution < -0.4 is 15.4 Å². The molecule has 0 unspecified atom stereocenters. The smallest absolute Gasteiger partial charge is 0.221 e. The third-order valence-electron chi connectivity index (χ3n) is 2.43. The monoisotopic (exact) mass is 342 g/mol. The Morgan fingerprint density at radius 1 is 1.35 bits per heavy atom. The van der Waals surface area contributed by atoms with Crippen molar-refractivity contribution in [1.29, 1.82) is 0 Å². The van der Waals surface area contributed by atoms with Gasteiger partial charge < -0.3 is 15.4 Å². The summed E-state index contributed by atoms with van der Waals surface area (Å²) in [6.45, 7) is 4.43. The molecule has 2 N–H and O–H groups in total. The molecule has 0 aliphatic rings. The lowest BCUT2D eigenvalue weighted by atomic mass is 10.3. The summed E-state index contributed by atoms with van der Waals surface area (Å²) in [7, 11) is 0. The average Bonchev–Trinajstić information content (AvgIpc) is 2.38. The first-order valence-electron chi connectivity index (χ1n) is 6.49. The van der Waals surface area contributed by atoms with Gasteiger partial charge in [0.1, 0.15) is 5.75 Å². The number of nitrogens with one attached hydrogen (secondary N) is 2. The van der Waals surface area contributed by atoms with Gasteiger partial charge in [0.15, 0.2) is 0 Å². The van der Waals surface area contributed by atoms with Crippen LogP contribution in [0.5, 0.6) is 5.75 Å². The van der Waals surface area contributed by atoms with Gasteiger partial charge in [0.05, 0.1) is 11.1 Å². The van der Waals surface area contributed by atoms with Crippen LogP contribution in [0.2, 0.25) is 0 Å². The lowest BCUT2D eigenvalue weighted by Crippen LogP contribution is -2.22. The molecule has 6 heteroatoms. The first-order valence-corrected chi connectivity index (χ1v) is 7.29. The Hall–Kier alpha value is -1.56. The quantitative estimate of drug-likeness (QED) is 0.748. The van der Waals surface area contributed by atoms with Crippen LogP contribution in [0.3, 0.4) is 0 Å². The Balaban J connectivity index is 2.46. The molecule has 2 amide bonds. The van der Waals surface area contributed by atoms with Crippen molar-refractivity contribution in [3.8, 4) is 5.75 Å². The molecular formula is C14H19BrN2O3. The van der Waals surface area contributed by atoms with E-state index in [9.17, 15) is 9.59 Å². The summed E-state index contributed by atoms with van der Waals surface area (Å²) in [5, 5.41) is 5.43. The first kappa shape index (κ1) is 16.5. The molecule has 5 nitrogen and oxygen atoms in total. The Labute approximate surface area is 127 Å².